The zero-order chi connectivity index (χ0) is 9.14. The zero-order valence-electron chi connectivity index (χ0n) is 7.12. The number of nitrogens with two attached hydrogens (primary N) is 1. The highest BCUT2D eigenvalue weighted by molar-refractivity contribution is 5.84. The van der Waals surface area contributed by atoms with E-state index in [0.29, 0.717) is 6.54 Å². The van der Waals surface area contributed by atoms with Gasteiger partial charge in [0.25, 0.3) is 0 Å². The lowest BCUT2D eigenvalue weighted by molar-refractivity contribution is -0.131. The van der Waals surface area contributed by atoms with Gasteiger partial charge in [0, 0.05) is 6.54 Å². The van der Waals surface area contributed by atoms with Crippen LogP contribution in [0.5, 0.6) is 0 Å². The van der Waals surface area contributed by atoms with E-state index in [-0.39, 0.29) is 11.9 Å². The van der Waals surface area contributed by atoms with Gasteiger partial charge in [0.15, 0.2) is 0 Å². The first kappa shape index (κ1) is 9.19. The van der Waals surface area contributed by atoms with Crippen LogP contribution in [-0.2, 0) is 9.59 Å². The van der Waals surface area contributed by atoms with Crippen molar-refractivity contribution in [1.29, 1.82) is 0 Å². The monoisotopic (exact) mass is 169 g/mol. The molecule has 67 valence electrons. The average Bonchev–Trinajstić information content (AvgIpc) is 2.49. The number of likely N-dealkylation sites (tertiary alicyclic amines) is 1. The molecule has 1 heterocycles. The summed E-state index contributed by atoms with van der Waals surface area (Å²) in [5.74, 6) is -0.152. The van der Waals surface area contributed by atoms with E-state index in [1.54, 1.807) is 6.92 Å². The summed E-state index contributed by atoms with van der Waals surface area (Å²) in [4.78, 5) is 23.2. The van der Waals surface area contributed by atoms with Gasteiger partial charge in [0.05, 0.1) is 12.1 Å². The van der Waals surface area contributed by atoms with Gasteiger partial charge in [0.1, 0.15) is 0 Å². The Morgan fingerprint density at radius 3 is 2.92 bits per heavy atom. The molecule has 2 atom stereocenters. The van der Waals surface area contributed by atoms with Crippen LogP contribution in [0.15, 0.2) is 0 Å². The molecule has 2 N–H and O–H groups in total. The molecular formula is C8H13N2O2. The highest BCUT2D eigenvalue weighted by Gasteiger charge is 2.30. The molecule has 1 aliphatic heterocycles. The Balaban J connectivity index is 2.61. The quantitative estimate of drug-likeness (QED) is 0.602. The minimum Gasteiger partial charge on any atom is -0.331 e. The lowest BCUT2D eigenvalue weighted by Crippen LogP contribution is -2.45. The molecule has 1 saturated heterocycles. The molecule has 12 heavy (non-hydrogen) atoms. The summed E-state index contributed by atoms with van der Waals surface area (Å²) in [6.07, 6.45) is 3.45. The zero-order valence-corrected chi connectivity index (χ0v) is 7.12. The average molecular weight is 169 g/mol. The Bertz CT molecular complexity index is 191. The Morgan fingerprint density at radius 2 is 2.42 bits per heavy atom. The molecule has 0 aliphatic carbocycles. The largest absolute Gasteiger partial charge is 0.331 e. The van der Waals surface area contributed by atoms with Gasteiger partial charge in [-0.3, -0.25) is 9.59 Å². The second-order valence-electron chi connectivity index (χ2n) is 3.10. The first-order chi connectivity index (χ1) is 5.66. The van der Waals surface area contributed by atoms with Gasteiger partial charge in [-0.05, 0) is 19.8 Å². The van der Waals surface area contributed by atoms with Crippen LogP contribution < -0.4 is 5.73 Å². The van der Waals surface area contributed by atoms with Crippen LogP contribution in [0.3, 0.4) is 0 Å². The van der Waals surface area contributed by atoms with E-state index in [1.807, 2.05) is 6.29 Å². The summed E-state index contributed by atoms with van der Waals surface area (Å²) in [7, 11) is 0. The highest BCUT2D eigenvalue weighted by Crippen LogP contribution is 2.15. The summed E-state index contributed by atoms with van der Waals surface area (Å²) in [6, 6.07) is -0.873. The van der Waals surface area contributed by atoms with Crippen LogP contribution in [-0.4, -0.2) is 35.7 Å². The number of carbonyl (C=O) groups excluding carboxylic acids is 2. The van der Waals surface area contributed by atoms with E-state index < -0.39 is 6.04 Å². The van der Waals surface area contributed by atoms with E-state index in [4.69, 9.17) is 5.73 Å². The lowest BCUT2D eigenvalue weighted by Gasteiger charge is -2.21. The number of rotatable bonds is 2. The summed E-state index contributed by atoms with van der Waals surface area (Å²) in [6.45, 7) is 2.27. The fraction of sp³-hybridized carbons (Fsp3) is 0.750. The standard InChI is InChI=1S/C8H13N2O2/c1-6(9)8(12)10-4-2-3-7(10)5-11/h6-7H,2-4,9H2,1H3/t6-,7-/m0/s1. The maximum Gasteiger partial charge on any atom is 0.239 e. The van der Waals surface area contributed by atoms with Gasteiger partial charge in [-0.15, -0.1) is 0 Å². The molecule has 0 aromatic heterocycles. The van der Waals surface area contributed by atoms with Gasteiger partial charge in [-0.2, -0.15) is 0 Å². The third kappa shape index (κ3) is 1.64. The van der Waals surface area contributed by atoms with Crippen molar-refractivity contribution in [1.82, 2.24) is 4.90 Å². The molecule has 1 fully saturated rings. The Labute approximate surface area is 71.7 Å². The van der Waals surface area contributed by atoms with Crippen LogP contribution in [0.1, 0.15) is 19.8 Å². The van der Waals surface area contributed by atoms with E-state index in [9.17, 15) is 9.59 Å². The van der Waals surface area contributed by atoms with Crippen molar-refractivity contribution in [2.45, 2.75) is 31.8 Å². The van der Waals surface area contributed by atoms with Gasteiger partial charge < -0.3 is 10.6 Å². The maximum absolute atomic E-state index is 11.3. The lowest BCUT2D eigenvalue weighted by atomic mass is 10.2. The molecule has 1 aliphatic rings. The number of carbonyl (C=O) groups is 1. The molecule has 0 aromatic rings. The first-order valence-electron chi connectivity index (χ1n) is 4.10. The Morgan fingerprint density at radius 1 is 1.75 bits per heavy atom. The van der Waals surface area contributed by atoms with Crippen molar-refractivity contribution in [3.05, 3.63) is 0 Å². The molecule has 0 spiro atoms. The van der Waals surface area contributed by atoms with Gasteiger partial charge >= 0.3 is 0 Å². The Kier molecular flexibility index (Phi) is 2.81. The van der Waals surface area contributed by atoms with Crippen LogP contribution in [0.25, 0.3) is 0 Å². The van der Waals surface area contributed by atoms with E-state index in [2.05, 4.69) is 0 Å². The SMILES string of the molecule is C[C@H](N)C(=O)N1CCC[C@H]1[C]=O. The first-order valence-corrected chi connectivity index (χ1v) is 4.10. The normalized spacial score (nSPS) is 25.5. The molecule has 1 rings (SSSR count). The number of amides is 1. The summed E-state index contributed by atoms with van der Waals surface area (Å²) in [5.41, 5.74) is 5.41. The van der Waals surface area contributed by atoms with Crippen molar-refractivity contribution in [3.8, 4) is 0 Å². The minimum absolute atomic E-state index is 0.152. The topological polar surface area (TPSA) is 63.4 Å². The van der Waals surface area contributed by atoms with E-state index in [1.165, 1.54) is 4.90 Å². The molecule has 1 amide bonds. The predicted octanol–water partition coefficient (Wildman–Crippen LogP) is -0.566. The third-order valence-electron chi connectivity index (χ3n) is 2.06. The highest BCUT2D eigenvalue weighted by atomic mass is 16.2. The van der Waals surface area contributed by atoms with E-state index >= 15 is 0 Å². The van der Waals surface area contributed by atoms with Crippen molar-refractivity contribution in [2.75, 3.05) is 6.54 Å². The van der Waals surface area contributed by atoms with Gasteiger partial charge in [0.2, 0.25) is 12.2 Å². The van der Waals surface area contributed by atoms with Crippen LogP contribution in [0, 0.1) is 0 Å². The second kappa shape index (κ2) is 3.67. The van der Waals surface area contributed by atoms with Crippen LogP contribution in [0.2, 0.25) is 0 Å². The number of hydrogen-bond acceptors (Lipinski definition) is 3. The van der Waals surface area contributed by atoms with Crippen molar-refractivity contribution in [3.63, 3.8) is 0 Å². The van der Waals surface area contributed by atoms with Gasteiger partial charge in [-0.25, -0.2) is 0 Å². The predicted molar refractivity (Wildman–Crippen MR) is 44.1 cm³/mol. The van der Waals surface area contributed by atoms with Crippen LogP contribution in [0.4, 0.5) is 0 Å². The molecule has 4 heteroatoms. The fourth-order valence-electron chi connectivity index (χ4n) is 1.41. The summed E-state index contributed by atoms with van der Waals surface area (Å²) in [5, 5.41) is 0. The molecule has 0 bridgehead atoms. The molecular weight excluding hydrogens is 156 g/mol. The molecule has 0 aromatic carbocycles. The molecule has 4 nitrogen and oxygen atoms in total. The maximum atomic E-state index is 11.3. The van der Waals surface area contributed by atoms with E-state index in [0.717, 1.165) is 12.8 Å². The number of hydrogen-bond donors (Lipinski definition) is 1. The minimum atomic E-state index is -0.515. The smallest absolute Gasteiger partial charge is 0.239 e. The van der Waals surface area contributed by atoms with Crippen molar-refractivity contribution >= 4 is 12.2 Å². The van der Waals surface area contributed by atoms with Crippen molar-refractivity contribution < 1.29 is 9.59 Å². The molecule has 1 radical (unpaired) electrons. The number of nitrogens with zero attached hydrogens (tertiary/aromatic N) is 1. The fourth-order valence-corrected chi connectivity index (χ4v) is 1.41. The molecule has 0 saturated carbocycles. The summed E-state index contributed by atoms with van der Waals surface area (Å²) >= 11 is 0. The van der Waals surface area contributed by atoms with Crippen molar-refractivity contribution in [2.24, 2.45) is 5.73 Å². The summed E-state index contributed by atoms with van der Waals surface area (Å²) < 4.78 is 0. The molecule has 0 unspecified atom stereocenters. The Hall–Kier alpha value is -0.900. The second-order valence-corrected chi connectivity index (χ2v) is 3.10. The third-order valence-corrected chi connectivity index (χ3v) is 2.06. The van der Waals surface area contributed by atoms with Crippen LogP contribution >= 0.6 is 0 Å². The van der Waals surface area contributed by atoms with Gasteiger partial charge in [-0.1, -0.05) is 0 Å².